The molecule has 2 aromatic rings. The van der Waals surface area contributed by atoms with Crippen LogP contribution < -0.4 is 5.32 Å². The highest BCUT2D eigenvalue weighted by molar-refractivity contribution is 6.30. The molecule has 0 radical (unpaired) electrons. The molecule has 0 aromatic heterocycles. The number of piperazine rings is 1. The molecule has 0 atom stereocenters. The SMILES string of the molecule is Cl.Cl.Cl.O=C(CCCN1CCN(Cc2ccc(Cl)cc2)CC1)c1ccc2c(c1)CCNCC2. The van der Waals surface area contributed by atoms with Crippen LogP contribution in [0.15, 0.2) is 42.5 Å². The Labute approximate surface area is 221 Å². The normalized spacial score (nSPS) is 16.4. The third-order valence-electron chi connectivity index (χ3n) is 6.33. The number of carbonyl (C=O) groups excluding carboxylic acids is 1. The summed E-state index contributed by atoms with van der Waals surface area (Å²) in [5, 5.41) is 4.23. The van der Waals surface area contributed by atoms with Crippen molar-refractivity contribution in [1.29, 1.82) is 0 Å². The number of Topliss-reactive ketones (excluding diaryl/α,β-unsaturated/α-hetero) is 1. The van der Waals surface area contributed by atoms with Gasteiger partial charge in [0.1, 0.15) is 0 Å². The monoisotopic (exact) mass is 533 g/mol. The van der Waals surface area contributed by atoms with E-state index >= 15 is 0 Å². The maximum absolute atomic E-state index is 12.7. The standard InChI is InChI=1S/C25H32ClN3O.3ClH/c26-24-7-3-20(4-8-24)19-29-16-14-28(15-17-29)13-1-2-25(30)23-6-5-21-9-11-27-12-10-22(21)18-23;;;/h3-8,18,27H,1-2,9-17,19H2;3*1H. The van der Waals surface area contributed by atoms with Crippen LogP contribution >= 0.6 is 48.8 Å². The predicted octanol–water partition coefficient (Wildman–Crippen LogP) is 5.07. The van der Waals surface area contributed by atoms with E-state index in [1.54, 1.807) is 0 Å². The lowest BCUT2D eigenvalue weighted by atomic mass is 9.97. The van der Waals surface area contributed by atoms with Crippen molar-refractivity contribution in [3.8, 4) is 0 Å². The van der Waals surface area contributed by atoms with E-state index < -0.39 is 0 Å². The van der Waals surface area contributed by atoms with Crippen LogP contribution in [0.2, 0.25) is 5.02 Å². The van der Waals surface area contributed by atoms with Gasteiger partial charge >= 0.3 is 0 Å². The molecular weight excluding hydrogens is 500 g/mol. The second-order valence-corrected chi connectivity index (χ2v) is 8.94. The zero-order chi connectivity index (χ0) is 20.8. The summed E-state index contributed by atoms with van der Waals surface area (Å²) >= 11 is 5.97. The Morgan fingerprint density at radius 3 is 2.18 bits per heavy atom. The molecule has 2 aliphatic rings. The summed E-state index contributed by atoms with van der Waals surface area (Å²) in [6, 6.07) is 14.5. The third-order valence-corrected chi connectivity index (χ3v) is 6.58. The summed E-state index contributed by atoms with van der Waals surface area (Å²) in [5.41, 5.74) is 4.95. The van der Waals surface area contributed by atoms with E-state index in [-0.39, 0.29) is 43.0 Å². The van der Waals surface area contributed by atoms with E-state index in [9.17, 15) is 4.79 Å². The Balaban J connectivity index is 0.00000181. The minimum Gasteiger partial charge on any atom is -0.316 e. The fourth-order valence-electron chi connectivity index (χ4n) is 4.47. The van der Waals surface area contributed by atoms with Crippen LogP contribution in [0.5, 0.6) is 0 Å². The van der Waals surface area contributed by atoms with Gasteiger partial charge in [0.25, 0.3) is 0 Å². The van der Waals surface area contributed by atoms with Gasteiger partial charge < -0.3 is 10.2 Å². The number of ketones is 1. The Morgan fingerprint density at radius 1 is 0.848 bits per heavy atom. The summed E-state index contributed by atoms with van der Waals surface area (Å²) in [7, 11) is 0. The van der Waals surface area contributed by atoms with E-state index in [2.05, 4.69) is 39.4 Å². The molecule has 1 N–H and O–H groups in total. The van der Waals surface area contributed by atoms with Crippen molar-refractivity contribution in [1.82, 2.24) is 15.1 Å². The number of halogens is 4. The minimum atomic E-state index is 0. The van der Waals surface area contributed by atoms with Crippen LogP contribution in [0.1, 0.15) is 39.9 Å². The molecule has 4 rings (SSSR count). The number of benzene rings is 2. The molecule has 33 heavy (non-hydrogen) atoms. The largest absolute Gasteiger partial charge is 0.316 e. The smallest absolute Gasteiger partial charge is 0.162 e. The van der Waals surface area contributed by atoms with Crippen molar-refractivity contribution >= 4 is 54.6 Å². The molecule has 184 valence electrons. The van der Waals surface area contributed by atoms with Crippen LogP contribution in [0.4, 0.5) is 0 Å². The van der Waals surface area contributed by atoms with Crippen LogP contribution in [0, 0.1) is 0 Å². The van der Waals surface area contributed by atoms with Crippen molar-refractivity contribution in [2.75, 3.05) is 45.8 Å². The van der Waals surface area contributed by atoms with Gasteiger partial charge in [0, 0.05) is 49.7 Å². The van der Waals surface area contributed by atoms with Gasteiger partial charge in [-0.05, 0) is 73.8 Å². The number of carbonyl (C=O) groups is 1. The van der Waals surface area contributed by atoms with E-state index in [0.717, 1.165) is 82.2 Å². The molecule has 8 heteroatoms. The van der Waals surface area contributed by atoms with E-state index in [1.807, 2.05) is 18.2 Å². The number of hydrogen-bond donors (Lipinski definition) is 1. The quantitative estimate of drug-likeness (QED) is 0.503. The van der Waals surface area contributed by atoms with Crippen LogP contribution in [-0.2, 0) is 19.4 Å². The first-order valence-electron chi connectivity index (χ1n) is 11.2. The Hall–Kier alpha value is -0.850. The zero-order valence-corrected chi connectivity index (χ0v) is 22.1. The molecule has 0 saturated carbocycles. The molecular formula is C25H35Cl4N3O. The second-order valence-electron chi connectivity index (χ2n) is 8.50. The van der Waals surface area contributed by atoms with Crippen molar-refractivity contribution < 1.29 is 4.79 Å². The van der Waals surface area contributed by atoms with Crippen molar-refractivity contribution in [3.05, 3.63) is 69.7 Å². The molecule has 2 heterocycles. The molecule has 1 saturated heterocycles. The van der Waals surface area contributed by atoms with Crippen molar-refractivity contribution in [2.45, 2.75) is 32.2 Å². The summed E-state index contributed by atoms with van der Waals surface area (Å²) in [4.78, 5) is 17.7. The molecule has 4 nitrogen and oxygen atoms in total. The van der Waals surface area contributed by atoms with Crippen LogP contribution in [-0.4, -0.2) is 61.4 Å². The van der Waals surface area contributed by atoms with E-state index in [4.69, 9.17) is 11.6 Å². The summed E-state index contributed by atoms with van der Waals surface area (Å²) in [6.45, 7) is 8.35. The highest BCUT2D eigenvalue weighted by atomic mass is 35.5. The van der Waals surface area contributed by atoms with Gasteiger partial charge in [-0.1, -0.05) is 35.9 Å². The first kappa shape index (κ1) is 30.2. The van der Waals surface area contributed by atoms with E-state index in [1.165, 1.54) is 16.7 Å². The first-order valence-corrected chi connectivity index (χ1v) is 11.6. The summed E-state index contributed by atoms with van der Waals surface area (Å²) in [5.74, 6) is 0.288. The van der Waals surface area contributed by atoms with E-state index in [0.29, 0.717) is 6.42 Å². The van der Waals surface area contributed by atoms with Gasteiger partial charge in [0.05, 0.1) is 0 Å². The Kier molecular flexibility index (Phi) is 13.9. The van der Waals surface area contributed by atoms with Crippen LogP contribution in [0.3, 0.4) is 0 Å². The van der Waals surface area contributed by atoms with Crippen LogP contribution in [0.25, 0.3) is 0 Å². The fourth-order valence-corrected chi connectivity index (χ4v) is 4.60. The number of hydrogen-bond acceptors (Lipinski definition) is 4. The molecule has 0 unspecified atom stereocenters. The molecule has 0 amide bonds. The topological polar surface area (TPSA) is 35.6 Å². The maximum atomic E-state index is 12.7. The summed E-state index contributed by atoms with van der Waals surface area (Å²) in [6.07, 6.45) is 3.67. The maximum Gasteiger partial charge on any atom is 0.162 e. The number of nitrogens with zero attached hydrogens (tertiary/aromatic N) is 2. The Bertz CT molecular complexity index is 855. The van der Waals surface area contributed by atoms with Gasteiger partial charge in [-0.3, -0.25) is 9.69 Å². The molecule has 0 bridgehead atoms. The highest BCUT2D eigenvalue weighted by Crippen LogP contribution is 2.18. The zero-order valence-electron chi connectivity index (χ0n) is 18.9. The molecule has 2 aliphatic heterocycles. The first-order chi connectivity index (χ1) is 14.7. The predicted molar refractivity (Wildman–Crippen MR) is 145 cm³/mol. The highest BCUT2D eigenvalue weighted by Gasteiger charge is 2.17. The Morgan fingerprint density at radius 2 is 1.48 bits per heavy atom. The van der Waals surface area contributed by atoms with Gasteiger partial charge in [-0.15, -0.1) is 37.2 Å². The number of rotatable bonds is 7. The fraction of sp³-hybridized carbons (Fsp3) is 0.480. The second kappa shape index (κ2) is 15.2. The van der Waals surface area contributed by atoms with Crippen molar-refractivity contribution in [3.63, 3.8) is 0 Å². The summed E-state index contributed by atoms with van der Waals surface area (Å²) < 4.78 is 0. The average molecular weight is 535 g/mol. The minimum absolute atomic E-state index is 0. The van der Waals surface area contributed by atoms with Crippen molar-refractivity contribution in [2.24, 2.45) is 0 Å². The molecule has 2 aromatic carbocycles. The molecule has 0 aliphatic carbocycles. The van der Waals surface area contributed by atoms with Gasteiger partial charge in [-0.2, -0.15) is 0 Å². The third kappa shape index (κ3) is 9.03. The molecule has 1 fully saturated rings. The lowest BCUT2D eigenvalue weighted by Gasteiger charge is -2.34. The lowest BCUT2D eigenvalue weighted by Crippen LogP contribution is -2.46. The number of fused-ring (bicyclic) bond motifs is 1. The van der Waals surface area contributed by atoms with Gasteiger partial charge in [0.15, 0.2) is 5.78 Å². The lowest BCUT2D eigenvalue weighted by molar-refractivity contribution is 0.0959. The van der Waals surface area contributed by atoms with Gasteiger partial charge in [0.2, 0.25) is 0 Å². The molecule has 0 spiro atoms. The van der Waals surface area contributed by atoms with Gasteiger partial charge in [-0.25, -0.2) is 0 Å². The average Bonchev–Trinajstić information content (AvgIpc) is 3.01. The number of nitrogens with one attached hydrogen (secondary N) is 1.